The van der Waals surface area contributed by atoms with Crippen molar-refractivity contribution in [3.05, 3.63) is 48.0 Å². The lowest BCUT2D eigenvalue weighted by atomic mass is 10.1. The maximum atomic E-state index is 5.63. The molecule has 3 aromatic rings. The topological polar surface area (TPSA) is 88.1 Å². The Labute approximate surface area is 133 Å². The molecule has 0 aliphatic heterocycles. The van der Waals surface area contributed by atoms with Crippen LogP contribution in [0.25, 0.3) is 17.1 Å². The van der Waals surface area contributed by atoms with E-state index < -0.39 is 0 Å². The Morgan fingerprint density at radius 3 is 2.48 bits per heavy atom. The molecule has 1 heterocycles. The highest BCUT2D eigenvalue weighted by molar-refractivity contribution is 5.60. The molecule has 0 aliphatic rings. The highest BCUT2D eigenvalue weighted by atomic mass is 16.5. The maximum absolute atomic E-state index is 5.63. The largest absolute Gasteiger partial charge is 0.497 e. The Morgan fingerprint density at radius 2 is 1.83 bits per heavy atom. The molecule has 0 spiro atoms. The van der Waals surface area contributed by atoms with Crippen molar-refractivity contribution in [3.63, 3.8) is 0 Å². The summed E-state index contributed by atoms with van der Waals surface area (Å²) in [4.78, 5) is 0. The molecule has 0 atom stereocenters. The molecule has 0 bridgehead atoms. The van der Waals surface area contributed by atoms with Crippen molar-refractivity contribution >= 4 is 0 Å². The average molecular weight is 311 g/mol. The Kier molecular flexibility index (Phi) is 4.20. The Balaban J connectivity index is 2.07. The van der Waals surface area contributed by atoms with Crippen LogP contribution in [0, 0.1) is 0 Å². The molecule has 7 heteroatoms. The van der Waals surface area contributed by atoms with Crippen LogP contribution in [0.1, 0.15) is 5.56 Å². The summed E-state index contributed by atoms with van der Waals surface area (Å²) in [6.45, 7) is 0.498. The Hall–Kier alpha value is -2.93. The van der Waals surface area contributed by atoms with Gasteiger partial charge in [-0.1, -0.05) is 24.3 Å². The lowest BCUT2D eigenvalue weighted by Gasteiger charge is -2.11. The van der Waals surface area contributed by atoms with Crippen LogP contribution in [0.4, 0.5) is 0 Å². The second-order valence-corrected chi connectivity index (χ2v) is 4.85. The zero-order valence-electron chi connectivity index (χ0n) is 12.9. The first kappa shape index (κ1) is 15.0. The normalized spacial score (nSPS) is 10.6. The molecule has 0 radical (unpaired) electrons. The summed E-state index contributed by atoms with van der Waals surface area (Å²) in [7, 11) is 3.20. The molecule has 0 unspecified atom stereocenters. The number of hydrogen-bond donors (Lipinski definition) is 1. The van der Waals surface area contributed by atoms with Crippen LogP contribution in [0.2, 0.25) is 0 Å². The minimum Gasteiger partial charge on any atom is -0.497 e. The molecule has 0 saturated heterocycles. The number of benzene rings is 2. The van der Waals surface area contributed by atoms with E-state index in [2.05, 4.69) is 15.5 Å². The van der Waals surface area contributed by atoms with Crippen LogP contribution in [0.15, 0.2) is 42.5 Å². The summed E-state index contributed by atoms with van der Waals surface area (Å²) < 4.78 is 12.3. The Morgan fingerprint density at radius 1 is 1.04 bits per heavy atom. The van der Waals surface area contributed by atoms with Crippen molar-refractivity contribution in [2.45, 2.75) is 6.54 Å². The summed E-state index contributed by atoms with van der Waals surface area (Å²) in [5.74, 6) is 1.95. The molecule has 0 amide bonds. The third-order valence-electron chi connectivity index (χ3n) is 3.53. The lowest BCUT2D eigenvalue weighted by molar-refractivity contribution is 0.392. The van der Waals surface area contributed by atoms with Crippen molar-refractivity contribution in [1.29, 1.82) is 0 Å². The lowest BCUT2D eigenvalue weighted by Crippen LogP contribution is -2.03. The van der Waals surface area contributed by atoms with Crippen LogP contribution in [-0.4, -0.2) is 34.4 Å². The number of ether oxygens (including phenoxy) is 2. The molecule has 0 aliphatic carbocycles. The van der Waals surface area contributed by atoms with Gasteiger partial charge in [-0.3, -0.25) is 0 Å². The van der Waals surface area contributed by atoms with Gasteiger partial charge in [-0.25, -0.2) is 0 Å². The first-order valence-corrected chi connectivity index (χ1v) is 7.07. The minimum absolute atomic E-state index is 0.498. The van der Waals surface area contributed by atoms with Gasteiger partial charge in [0.2, 0.25) is 0 Å². The van der Waals surface area contributed by atoms with Gasteiger partial charge in [-0.15, -0.1) is 5.10 Å². The maximum Gasteiger partial charge on any atom is 0.187 e. The fourth-order valence-corrected chi connectivity index (χ4v) is 2.28. The summed E-state index contributed by atoms with van der Waals surface area (Å²) >= 11 is 0. The van der Waals surface area contributed by atoms with Crippen LogP contribution in [-0.2, 0) is 6.54 Å². The quantitative estimate of drug-likeness (QED) is 0.773. The van der Waals surface area contributed by atoms with E-state index in [4.69, 9.17) is 15.2 Å². The second-order valence-electron chi connectivity index (χ2n) is 4.85. The van der Waals surface area contributed by atoms with Crippen LogP contribution < -0.4 is 15.2 Å². The van der Waals surface area contributed by atoms with E-state index in [-0.39, 0.29) is 0 Å². The van der Waals surface area contributed by atoms with Crippen LogP contribution >= 0.6 is 0 Å². The van der Waals surface area contributed by atoms with Gasteiger partial charge in [0.05, 0.1) is 14.2 Å². The first-order chi connectivity index (χ1) is 11.3. The summed E-state index contributed by atoms with van der Waals surface area (Å²) in [6.07, 6.45) is 0. The molecular formula is C16H17N5O2. The van der Waals surface area contributed by atoms with Crippen molar-refractivity contribution in [2.24, 2.45) is 5.73 Å². The van der Waals surface area contributed by atoms with Crippen LogP contribution in [0.3, 0.4) is 0 Å². The SMILES string of the molecule is COc1ccc(-n2nnnc2-c2ccc(CN)cc2)c(OC)c1. The Bertz CT molecular complexity index is 798. The predicted octanol–water partition coefficient (Wildman–Crippen LogP) is 1.81. The predicted molar refractivity (Wildman–Crippen MR) is 85.6 cm³/mol. The van der Waals surface area contributed by atoms with Crippen molar-refractivity contribution in [2.75, 3.05) is 14.2 Å². The standard InChI is InChI=1S/C16H17N5O2/c1-22-13-7-8-14(15(9-13)23-2)21-16(18-19-20-21)12-5-3-11(10-17)4-6-12/h3-9H,10,17H2,1-2H3. The van der Waals surface area contributed by atoms with Gasteiger partial charge >= 0.3 is 0 Å². The molecule has 3 rings (SSSR count). The highest BCUT2D eigenvalue weighted by Crippen LogP contribution is 2.30. The first-order valence-electron chi connectivity index (χ1n) is 7.07. The van der Waals surface area contributed by atoms with Gasteiger partial charge < -0.3 is 15.2 Å². The summed E-state index contributed by atoms with van der Waals surface area (Å²) in [5, 5.41) is 12.0. The molecule has 2 N–H and O–H groups in total. The van der Waals surface area contributed by atoms with Gasteiger partial charge in [-0.05, 0) is 28.1 Å². The van der Waals surface area contributed by atoms with E-state index in [1.165, 1.54) is 0 Å². The summed E-state index contributed by atoms with van der Waals surface area (Å²) in [6, 6.07) is 13.3. The van der Waals surface area contributed by atoms with Gasteiger partial charge in [0, 0.05) is 18.2 Å². The van der Waals surface area contributed by atoms with Crippen molar-refractivity contribution in [3.8, 4) is 28.6 Å². The van der Waals surface area contributed by atoms with Crippen molar-refractivity contribution < 1.29 is 9.47 Å². The van der Waals surface area contributed by atoms with E-state index in [0.717, 1.165) is 16.8 Å². The van der Waals surface area contributed by atoms with Gasteiger partial charge in [0.1, 0.15) is 17.2 Å². The fraction of sp³-hybridized carbons (Fsp3) is 0.188. The number of aromatic nitrogens is 4. The monoisotopic (exact) mass is 311 g/mol. The zero-order chi connectivity index (χ0) is 16.2. The molecule has 118 valence electrons. The summed E-state index contributed by atoms with van der Waals surface area (Å²) in [5.41, 5.74) is 8.31. The molecule has 0 fully saturated rings. The number of nitrogens with zero attached hydrogens (tertiary/aromatic N) is 4. The molecule has 7 nitrogen and oxygen atoms in total. The third kappa shape index (κ3) is 2.86. The average Bonchev–Trinajstić information content (AvgIpc) is 3.10. The number of rotatable bonds is 5. The number of hydrogen-bond acceptors (Lipinski definition) is 6. The van der Waals surface area contributed by atoms with Crippen molar-refractivity contribution in [1.82, 2.24) is 20.2 Å². The minimum atomic E-state index is 0.498. The van der Waals surface area contributed by atoms with E-state index >= 15 is 0 Å². The molecular weight excluding hydrogens is 294 g/mol. The number of tetrazole rings is 1. The smallest absolute Gasteiger partial charge is 0.187 e. The number of methoxy groups -OCH3 is 2. The van der Waals surface area contributed by atoms with E-state index in [1.54, 1.807) is 25.0 Å². The number of nitrogens with two attached hydrogens (primary N) is 1. The van der Waals surface area contributed by atoms with Crippen LogP contribution in [0.5, 0.6) is 11.5 Å². The molecule has 0 saturated carbocycles. The third-order valence-corrected chi connectivity index (χ3v) is 3.53. The molecule has 1 aromatic heterocycles. The van der Waals surface area contributed by atoms with Gasteiger partial charge in [-0.2, -0.15) is 4.68 Å². The fourth-order valence-electron chi connectivity index (χ4n) is 2.28. The van der Waals surface area contributed by atoms with E-state index in [0.29, 0.717) is 23.9 Å². The van der Waals surface area contributed by atoms with Gasteiger partial charge in [0.15, 0.2) is 5.82 Å². The molecule has 23 heavy (non-hydrogen) atoms. The molecule has 2 aromatic carbocycles. The van der Waals surface area contributed by atoms with Gasteiger partial charge in [0.25, 0.3) is 0 Å². The van der Waals surface area contributed by atoms with E-state index in [9.17, 15) is 0 Å². The zero-order valence-corrected chi connectivity index (χ0v) is 12.9. The highest BCUT2D eigenvalue weighted by Gasteiger charge is 2.15. The van der Waals surface area contributed by atoms with E-state index in [1.807, 2.05) is 36.4 Å². The second kappa shape index (κ2) is 6.45.